The zero-order valence-corrected chi connectivity index (χ0v) is 9.09. The van der Waals surface area contributed by atoms with E-state index < -0.39 is 0 Å². The van der Waals surface area contributed by atoms with Crippen LogP contribution >= 0.6 is 0 Å². The van der Waals surface area contributed by atoms with Crippen LogP contribution in [0.15, 0.2) is 24.3 Å². The molecule has 1 aromatic rings. The summed E-state index contributed by atoms with van der Waals surface area (Å²) < 4.78 is 12.8. The van der Waals surface area contributed by atoms with Crippen LogP contribution in [0.3, 0.4) is 0 Å². The molecule has 1 rings (SSSR count). The molecule has 0 atom stereocenters. The number of carbonyl (C=O) groups is 1. The van der Waals surface area contributed by atoms with Crippen LogP contribution in [0.25, 0.3) is 0 Å². The average Bonchev–Trinajstić information content (AvgIpc) is 2.17. The number of benzene rings is 1. The molecule has 2 nitrogen and oxygen atoms in total. The van der Waals surface area contributed by atoms with Crippen molar-refractivity contribution in [1.82, 2.24) is 5.32 Å². The van der Waals surface area contributed by atoms with Gasteiger partial charge in [0.05, 0.1) is 0 Å². The van der Waals surface area contributed by atoms with Crippen molar-refractivity contribution in [3.8, 4) is 0 Å². The fourth-order valence-electron chi connectivity index (χ4n) is 1.21. The Balaban J connectivity index is 2.47. The quantitative estimate of drug-likeness (QED) is 0.811. The summed E-state index contributed by atoms with van der Waals surface area (Å²) in [6.07, 6.45) is 0.932. The molecule has 0 aromatic heterocycles. The predicted octanol–water partition coefficient (Wildman–Crippen LogP) is 2.60. The van der Waals surface area contributed by atoms with E-state index in [1.807, 2.05) is 0 Å². The third-order valence-electron chi connectivity index (χ3n) is 2.09. The maximum Gasteiger partial charge on any atom is 0.251 e. The fourth-order valence-corrected chi connectivity index (χ4v) is 1.21. The van der Waals surface area contributed by atoms with Crippen molar-refractivity contribution in [2.45, 2.75) is 20.3 Å². The molecule has 0 saturated heterocycles. The highest BCUT2D eigenvalue weighted by atomic mass is 19.1. The summed E-state index contributed by atoms with van der Waals surface area (Å²) in [7, 11) is 0. The van der Waals surface area contributed by atoms with Gasteiger partial charge in [-0.2, -0.15) is 0 Å². The summed E-state index contributed by atoms with van der Waals surface area (Å²) in [4.78, 5) is 11.5. The average molecular weight is 209 g/mol. The molecule has 0 saturated carbocycles. The van der Waals surface area contributed by atoms with E-state index in [0.29, 0.717) is 18.0 Å². The van der Waals surface area contributed by atoms with Crippen molar-refractivity contribution in [3.05, 3.63) is 35.6 Å². The van der Waals surface area contributed by atoms with Crippen molar-refractivity contribution in [2.24, 2.45) is 5.92 Å². The monoisotopic (exact) mass is 209 g/mol. The molecular formula is C12H16FNO. The largest absolute Gasteiger partial charge is 0.352 e. The van der Waals surface area contributed by atoms with Gasteiger partial charge in [-0.3, -0.25) is 4.79 Å². The SMILES string of the molecule is CC(C)CCNC(=O)c1cccc(F)c1. The highest BCUT2D eigenvalue weighted by Gasteiger charge is 2.05. The molecular weight excluding hydrogens is 193 g/mol. The van der Waals surface area contributed by atoms with E-state index in [1.165, 1.54) is 18.2 Å². The van der Waals surface area contributed by atoms with Crippen molar-refractivity contribution in [1.29, 1.82) is 0 Å². The number of amides is 1. The minimum Gasteiger partial charge on any atom is -0.352 e. The van der Waals surface area contributed by atoms with E-state index in [-0.39, 0.29) is 11.7 Å². The van der Waals surface area contributed by atoms with Crippen LogP contribution in [0.5, 0.6) is 0 Å². The summed E-state index contributed by atoms with van der Waals surface area (Å²) in [6, 6.07) is 5.70. The standard InChI is InChI=1S/C12H16FNO/c1-9(2)6-7-14-12(15)10-4-3-5-11(13)8-10/h3-5,8-9H,6-7H2,1-2H3,(H,14,15). The van der Waals surface area contributed by atoms with Crippen LogP contribution in [0.1, 0.15) is 30.6 Å². The van der Waals surface area contributed by atoms with Crippen LogP contribution < -0.4 is 5.32 Å². The minimum absolute atomic E-state index is 0.213. The summed E-state index contributed by atoms with van der Waals surface area (Å²) in [5, 5.41) is 2.75. The molecule has 3 heteroatoms. The number of hydrogen-bond acceptors (Lipinski definition) is 1. The Kier molecular flexibility index (Phi) is 4.28. The van der Waals surface area contributed by atoms with E-state index in [2.05, 4.69) is 19.2 Å². The molecule has 0 radical (unpaired) electrons. The predicted molar refractivity (Wildman–Crippen MR) is 58.2 cm³/mol. The Morgan fingerprint density at radius 2 is 2.20 bits per heavy atom. The van der Waals surface area contributed by atoms with Gasteiger partial charge < -0.3 is 5.32 Å². The van der Waals surface area contributed by atoms with Gasteiger partial charge in [0.2, 0.25) is 0 Å². The molecule has 0 aliphatic heterocycles. The first-order valence-electron chi connectivity index (χ1n) is 5.13. The first-order valence-corrected chi connectivity index (χ1v) is 5.13. The number of halogens is 1. The normalized spacial score (nSPS) is 10.4. The molecule has 0 aliphatic rings. The molecule has 0 unspecified atom stereocenters. The first kappa shape index (κ1) is 11.7. The summed E-state index contributed by atoms with van der Waals surface area (Å²) in [5.41, 5.74) is 0.374. The fraction of sp³-hybridized carbons (Fsp3) is 0.417. The Labute approximate surface area is 89.5 Å². The maximum atomic E-state index is 12.8. The second kappa shape index (κ2) is 5.49. The molecule has 82 valence electrons. The molecule has 15 heavy (non-hydrogen) atoms. The molecule has 1 N–H and O–H groups in total. The first-order chi connectivity index (χ1) is 7.09. The van der Waals surface area contributed by atoms with Crippen LogP contribution in [0, 0.1) is 11.7 Å². The highest BCUT2D eigenvalue weighted by Crippen LogP contribution is 2.03. The second-order valence-corrected chi connectivity index (χ2v) is 3.95. The molecule has 0 spiro atoms. The van der Waals surface area contributed by atoms with Gasteiger partial charge in [-0.25, -0.2) is 4.39 Å². The molecule has 1 amide bonds. The third kappa shape index (κ3) is 4.11. The van der Waals surface area contributed by atoms with Crippen LogP contribution in [0.4, 0.5) is 4.39 Å². The number of rotatable bonds is 4. The zero-order chi connectivity index (χ0) is 11.3. The third-order valence-corrected chi connectivity index (χ3v) is 2.09. The van der Waals surface area contributed by atoms with Crippen LogP contribution in [-0.2, 0) is 0 Å². The summed E-state index contributed by atoms with van der Waals surface area (Å²) in [6.45, 7) is 4.82. The number of hydrogen-bond donors (Lipinski definition) is 1. The lowest BCUT2D eigenvalue weighted by Gasteiger charge is -2.06. The van der Waals surface area contributed by atoms with Crippen molar-refractivity contribution < 1.29 is 9.18 Å². The number of carbonyl (C=O) groups excluding carboxylic acids is 1. The zero-order valence-electron chi connectivity index (χ0n) is 9.09. The van der Waals surface area contributed by atoms with Crippen molar-refractivity contribution in [3.63, 3.8) is 0 Å². The van der Waals surface area contributed by atoms with Gasteiger partial charge in [0, 0.05) is 12.1 Å². The number of nitrogens with one attached hydrogen (secondary N) is 1. The maximum absolute atomic E-state index is 12.8. The lowest BCUT2D eigenvalue weighted by atomic mass is 10.1. The Hall–Kier alpha value is -1.38. The van der Waals surface area contributed by atoms with E-state index in [4.69, 9.17) is 0 Å². The van der Waals surface area contributed by atoms with Gasteiger partial charge in [0.1, 0.15) is 5.82 Å². The van der Waals surface area contributed by atoms with E-state index >= 15 is 0 Å². The molecule has 0 bridgehead atoms. The van der Waals surface area contributed by atoms with E-state index in [1.54, 1.807) is 6.07 Å². The smallest absolute Gasteiger partial charge is 0.251 e. The van der Waals surface area contributed by atoms with Gasteiger partial charge in [-0.05, 0) is 30.5 Å². The minimum atomic E-state index is -0.383. The summed E-state index contributed by atoms with van der Waals surface area (Å²) >= 11 is 0. The van der Waals surface area contributed by atoms with Crippen LogP contribution in [-0.4, -0.2) is 12.5 Å². The van der Waals surface area contributed by atoms with Gasteiger partial charge in [0.25, 0.3) is 5.91 Å². The van der Waals surface area contributed by atoms with Gasteiger partial charge >= 0.3 is 0 Å². The molecule has 0 fully saturated rings. The molecule has 0 heterocycles. The lowest BCUT2D eigenvalue weighted by molar-refractivity contribution is 0.0951. The molecule has 1 aromatic carbocycles. The Bertz CT molecular complexity index is 336. The van der Waals surface area contributed by atoms with E-state index in [0.717, 1.165) is 6.42 Å². The summed E-state index contributed by atoms with van der Waals surface area (Å²) in [5.74, 6) is -0.0422. The van der Waals surface area contributed by atoms with Crippen molar-refractivity contribution in [2.75, 3.05) is 6.54 Å². The molecule has 0 aliphatic carbocycles. The Morgan fingerprint density at radius 1 is 1.47 bits per heavy atom. The topological polar surface area (TPSA) is 29.1 Å². The lowest BCUT2D eigenvalue weighted by Crippen LogP contribution is -2.25. The van der Waals surface area contributed by atoms with Gasteiger partial charge in [0.15, 0.2) is 0 Å². The van der Waals surface area contributed by atoms with Gasteiger partial charge in [-0.1, -0.05) is 19.9 Å². The van der Waals surface area contributed by atoms with E-state index in [9.17, 15) is 9.18 Å². The second-order valence-electron chi connectivity index (χ2n) is 3.95. The van der Waals surface area contributed by atoms with Gasteiger partial charge in [-0.15, -0.1) is 0 Å². The van der Waals surface area contributed by atoms with Crippen molar-refractivity contribution >= 4 is 5.91 Å². The van der Waals surface area contributed by atoms with Crippen LogP contribution in [0.2, 0.25) is 0 Å². The Morgan fingerprint density at radius 3 is 2.80 bits per heavy atom. The highest BCUT2D eigenvalue weighted by molar-refractivity contribution is 5.94.